The summed E-state index contributed by atoms with van der Waals surface area (Å²) in [7, 11) is 0. The van der Waals surface area contributed by atoms with Crippen LogP contribution >= 0.6 is 0 Å². The van der Waals surface area contributed by atoms with Gasteiger partial charge in [0.15, 0.2) is 11.6 Å². The molecule has 3 N–H and O–H groups in total. The molecule has 6 heterocycles. The van der Waals surface area contributed by atoms with Crippen LogP contribution in [0.5, 0.6) is 0 Å². The number of H-pyrrole nitrogens is 2. The maximum Gasteiger partial charge on any atom is 0.161 e. The molecule has 0 fully saturated rings. The molecule has 6 aromatic heterocycles. The lowest BCUT2D eigenvalue weighted by molar-refractivity contribution is 0.638. The fraction of sp³-hybridized carbons (Fsp3) is 0.0667. The van der Waals surface area contributed by atoms with E-state index in [-0.39, 0.29) is 5.69 Å². The second kappa shape index (κ2) is 10.1. The van der Waals surface area contributed by atoms with Crippen LogP contribution in [0.2, 0.25) is 0 Å². The van der Waals surface area contributed by atoms with Crippen LogP contribution in [0.25, 0.3) is 56.0 Å². The Labute approximate surface area is 227 Å². The third-order valence-corrected chi connectivity index (χ3v) is 6.67. The van der Waals surface area contributed by atoms with Crippen molar-refractivity contribution in [2.24, 2.45) is 0 Å². The molecule has 194 valence electrons. The van der Waals surface area contributed by atoms with Gasteiger partial charge in [0.1, 0.15) is 16.9 Å². The van der Waals surface area contributed by atoms with Crippen LogP contribution in [-0.2, 0) is 13.1 Å². The highest BCUT2D eigenvalue weighted by molar-refractivity contribution is 5.97. The minimum absolute atomic E-state index is 0.194. The van der Waals surface area contributed by atoms with Crippen molar-refractivity contribution in [3.63, 3.8) is 0 Å². The molecule has 10 heteroatoms. The second-order valence-electron chi connectivity index (χ2n) is 9.34. The Balaban J connectivity index is 1.23. The largest absolute Gasteiger partial charge is 0.335 e. The minimum Gasteiger partial charge on any atom is -0.335 e. The summed E-state index contributed by atoms with van der Waals surface area (Å²) in [6.45, 7) is 1.30. The van der Waals surface area contributed by atoms with Crippen molar-refractivity contribution in [1.29, 1.82) is 0 Å². The lowest BCUT2D eigenvalue weighted by Gasteiger charge is -2.08. The van der Waals surface area contributed by atoms with E-state index in [2.05, 4.69) is 52.6 Å². The first-order chi connectivity index (χ1) is 19.7. The van der Waals surface area contributed by atoms with E-state index >= 15 is 4.39 Å². The van der Waals surface area contributed by atoms with Gasteiger partial charge in [-0.3, -0.25) is 25.0 Å². The molecule has 0 aliphatic heterocycles. The number of nitrogens with zero attached hydrogens (tertiary/aromatic N) is 6. The molecule has 1 aromatic carbocycles. The van der Waals surface area contributed by atoms with Crippen LogP contribution < -0.4 is 5.32 Å². The van der Waals surface area contributed by atoms with Crippen LogP contribution in [-0.4, -0.2) is 40.1 Å². The molecule has 7 aromatic rings. The summed E-state index contributed by atoms with van der Waals surface area (Å²) in [5, 5.41) is 11.0. The van der Waals surface area contributed by atoms with E-state index in [4.69, 9.17) is 4.98 Å². The van der Waals surface area contributed by atoms with Gasteiger partial charge in [-0.2, -0.15) is 5.10 Å². The minimum atomic E-state index is -0.499. The topological polar surface area (TPSA) is 121 Å². The third-order valence-electron chi connectivity index (χ3n) is 6.67. The number of aromatic nitrogens is 8. The molecular weight excluding hydrogens is 505 g/mol. The predicted molar refractivity (Wildman–Crippen MR) is 150 cm³/mol. The molecule has 0 aliphatic rings. The Morgan fingerprint density at radius 1 is 0.775 bits per heavy atom. The van der Waals surface area contributed by atoms with Crippen molar-refractivity contribution in [2.45, 2.75) is 13.1 Å². The van der Waals surface area contributed by atoms with Gasteiger partial charge in [-0.25, -0.2) is 9.37 Å². The molecule has 0 unspecified atom stereocenters. The van der Waals surface area contributed by atoms with E-state index in [9.17, 15) is 0 Å². The van der Waals surface area contributed by atoms with Gasteiger partial charge in [0, 0.05) is 49.0 Å². The third kappa shape index (κ3) is 4.36. The van der Waals surface area contributed by atoms with E-state index in [0.29, 0.717) is 45.6 Å². The summed E-state index contributed by atoms with van der Waals surface area (Å²) in [6, 6.07) is 17.7. The Morgan fingerprint density at radius 3 is 2.50 bits per heavy atom. The van der Waals surface area contributed by atoms with E-state index in [0.717, 1.165) is 23.4 Å². The summed E-state index contributed by atoms with van der Waals surface area (Å²) in [5.74, 6) is -0.0829. The summed E-state index contributed by atoms with van der Waals surface area (Å²) in [4.78, 5) is 25.5. The number of rotatable bonds is 7. The smallest absolute Gasteiger partial charge is 0.161 e. The quantitative estimate of drug-likeness (QED) is 0.252. The average molecular weight is 528 g/mol. The van der Waals surface area contributed by atoms with Gasteiger partial charge in [0.2, 0.25) is 0 Å². The summed E-state index contributed by atoms with van der Waals surface area (Å²) >= 11 is 0. The van der Waals surface area contributed by atoms with Crippen molar-refractivity contribution < 1.29 is 4.39 Å². The lowest BCUT2D eigenvalue weighted by atomic mass is 10.1. The first-order valence-electron chi connectivity index (χ1n) is 12.7. The molecule has 7 rings (SSSR count). The van der Waals surface area contributed by atoms with Crippen molar-refractivity contribution in [2.75, 3.05) is 0 Å². The Kier molecular flexibility index (Phi) is 5.98. The van der Waals surface area contributed by atoms with Crippen LogP contribution in [0.1, 0.15) is 11.1 Å². The number of hydrogen-bond acceptors (Lipinski definition) is 7. The zero-order valence-corrected chi connectivity index (χ0v) is 21.1. The lowest BCUT2D eigenvalue weighted by Crippen LogP contribution is -2.12. The first-order valence-corrected chi connectivity index (χ1v) is 12.7. The van der Waals surface area contributed by atoms with Crippen molar-refractivity contribution in [3.05, 3.63) is 109 Å². The molecule has 0 amide bonds. The molecule has 0 saturated carbocycles. The Morgan fingerprint density at radius 2 is 1.62 bits per heavy atom. The van der Waals surface area contributed by atoms with Gasteiger partial charge in [0.05, 0.1) is 34.5 Å². The fourth-order valence-corrected chi connectivity index (χ4v) is 4.76. The van der Waals surface area contributed by atoms with Crippen molar-refractivity contribution in [1.82, 2.24) is 45.4 Å². The summed E-state index contributed by atoms with van der Waals surface area (Å²) < 4.78 is 16.1. The standard InChI is InChI=1S/C30H22FN9/c31-26-25-23(17-36-27(26)20-10-19(13-33-14-20)12-32-11-18-6-2-1-3-7-18)39-40-29(25)30-37-24-16-34-15-21(28(24)38-30)22-8-4-5-9-35-22/h1-10,13-17,32H,11-12H2,(H,37,38)(H,39,40). The van der Waals surface area contributed by atoms with Gasteiger partial charge in [-0.05, 0) is 29.3 Å². The maximum absolute atomic E-state index is 16.1. The van der Waals surface area contributed by atoms with E-state index in [1.54, 1.807) is 37.2 Å². The number of nitrogens with one attached hydrogen (secondary N) is 3. The number of hydrogen-bond donors (Lipinski definition) is 3. The molecular formula is C30H22FN9. The van der Waals surface area contributed by atoms with E-state index in [1.165, 1.54) is 5.56 Å². The van der Waals surface area contributed by atoms with Crippen LogP contribution in [0.3, 0.4) is 0 Å². The number of fused-ring (bicyclic) bond motifs is 2. The monoisotopic (exact) mass is 527 g/mol. The zero-order valence-electron chi connectivity index (χ0n) is 21.1. The molecule has 0 spiro atoms. The Bertz CT molecular complexity index is 1950. The highest BCUT2D eigenvalue weighted by Crippen LogP contribution is 2.33. The first kappa shape index (κ1) is 23.7. The Hall–Kier alpha value is -5.35. The van der Waals surface area contributed by atoms with E-state index < -0.39 is 5.82 Å². The highest BCUT2D eigenvalue weighted by atomic mass is 19.1. The number of aromatic amines is 2. The van der Waals surface area contributed by atoms with Crippen LogP contribution in [0.15, 0.2) is 91.8 Å². The van der Waals surface area contributed by atoms with Gasteiger partial charge < -0.3 is 10.3 Å². The van der Waals surface area contributed by atoms with Crippen molar-refractivity contribution >= 4 is 21.9 Å². The number of halogens is 1. The van der Waals surface area contributed by atoms with Gasteiger partial charge in [-0.1, -0.05) is 36.4 Å². The SMILES string of the molecule is Fc1c(-c2cncc(CNCc3ccccc3)c2)ncc2[nH]nc(-c3nc4c(-c5ccccn5)cncc4[nH]3)c12. The zero-order chi connectivity index (χ0) is 26.9. The number of pyridine rings is 4. The van der Waals surface area contributed by atoms with Crippen LogP contribution in [0.4, 0.5) is 4.39 Å². The van der Waals surface area contributed by atoms with Gasteiger partial charge in [0.25, 0.3) is 0 Å². The van der Waals surface area contributed by atoms with Gasteiger partial charge in [-0.15, -0.1) is 0 Å². The molecule has 0 aliphatic carbocycles. The summed E-state index contributed by atoms with van der Waals surface area (Å²) in [5.41, 5.74) is 6.59. The van der Waals surface area contributed by atoms with E-state index in [1.807, 2.05) is 42.5 Å². The number of benzene rings is 1. The average Bonchev–Trinajstić information content (AvgIpc) is 3.63. The molecule has 0 saturated heterocycles. The molecule has 0 radical (unpaired) electrons. The summed E-state index contributed by atoms with van der Waals surface area (Å²) in [6.07, 6.45) is 10.1. The molecule has 9 nitrogen and oxygen atoms in total. The normalized spacial score (nSPS) is 11.4. The second-order valence-corrected chi connectivity index (χ2v) is 9.34. The fourth-order valence-electron chi connectivity index (χ4n) is 4.76. The molecule has 0 bridgehead atoms. The number of imidazole rings is 1. The molecule has 0 atom stereocenters. The van der Waals surface area contributed by atoms with Crippen molar-refractivity contribution in [3.8, 4) is 34.0 Å². The maximum atomic E-state index is 16.1. The molecule has 40 heavy (non-hydrogen) atoms. The predicted octanol–water partition coefficient (Wildman–Crippen LogP) is 5.45. The van der Waals surface area contributed by atoms with Gasteiger partial charge >= 0.3 is 0 Å². The highest BCUT2D eigenvalue weighted by Gasteiger charge is 2.21. The van der Waals surface area contributed by atoms with Crippen LogP contribution in [0, 0.1) is 5.82 Å².